The molecule has 1 nitrogen and oxygen atoms in total. The van der Waals surface area contributed by atoms with Gasteiger partial charge < -0.3 is 4.74 Å². The quantitative estimate of drug-likeness (QED) is 0.525. The summed E-state index contributed by atoms with van der Waals surface area (Å²) in [6.45, 7) is 2.72. The molecule has 1 aromatic carbocycles. The smallest absolute Gasteiger partial charge is 0.0845 e. The molecule has 0 atom stereocenters. The highest BCUT2D eigenvalue weighted by Gasteiger charge is 1.87. The lowest BCUT2D eigenvalue weighted by atomic mass is 10.4. The fourth-order valence-corrected chi connectivity index (χ4v) is 1.58. The number of hydrogen-bond donors (Lipinski definition) is 0. The van der Waals surface area contributed by atoms with Crippen LogP contribution in [0.25, 0.3) is 0 Å². The Morgan fingerprint density at radius 2 is 2.08 bits per heavy atom. The first-order valence-electron chi connectivity index (χ1n) is 4.38. The number of benzene rings is 1. The first kappa shape index (κ1) is 10.2. The molecule has 0 aromatic heterocycles. The fourth-order valence-electron chi connectivity index (χ4n) is 0.865. The van der Waals surface area contributed by atoms with Crippen molar-refractivity contribution in [2.24, 2.45) is 0 Å². The van der Waals surface area contributed by atoms with Crippen LogP contribution in [-0.2, 0) is 4.74 Å². The van der Waals surface area contributed by atoms with Crippen LogP contribution in [0.4, 0.5) is 0 Å². The summed E-state index contributed by atoms with van der Waals surface area (Å²) >= 11 is 1.80. The maximum atomic E-state index is 5.08. The SMILES string of the molecule is CCO/C=C/CSc1ccccc1. The van der Waals surface area contributed by atoms with Crippen LogP contribution in [0.15, 0.2) is 47.6 Å². The van der Waals surface area contributed by atoms with Gasteiger partial charge in [0, 0.05) is 10.6 Å². The standard InChI is InChI=1S/C11H14OS/c1-2-12-9-6-10-13-11-7-4-3-5-8-11/h3-9H,2,10H2,1H3/b9-6+. The minimum Gasteiger partial charge on any atom is -0.502 e. The van der Waals surface area contributed by atoms with Crippen molar-refractivity contribution in [2.75, 3.05) is 12.4 Å². The molecule has 0 saturated heterocycles. The molecule has 1 rings (SSSR count). The summed E-state index contributed by atoms with van der Waals surface area (Å²) in [6.07, 6.45) is 3.79. The summed E-state index contributed by atoms with van der Waals surface area (Å²) in [5.41, 5.74) is 0. The van der Waals surface area contributed by atoms with E-state index in [-0.39, 0.29) is 0 Å². The van der Waals surface area contributed by atoms with Gasteiger partial charge in [0.15, 0.2) is 0 Å². The molecule has 0 radical (unpaired) electrons. The molecule has 0 heterocycles. The zero-order valence-corrected chi connectivity index (χ0v) is 8.59. The first-order chi connectivity index (χ1) is 6.43. The van der Waals surface area contributed by atoms with Gasteiger partial charge in [0.25, 0.3) is 0 Å². The van der Waals surface area contributed by atoms with Crippen molar-refractivity contribution in [2.45, 2.75) is 11.8 Å². The molecule has 0 saturated carbocycles. The van der Waals surface area contributed by atoms with Crippen molar-refractivity contribution >= 4 is 11.8 Å². The van der Waals surface area contributed by atoms with E-state index in [1.165, 1.54) is 4.90 Å². The zero-order valence-electron chi connectivity index (χ0n) is 7.77. The minimum absolute atomic E-state index is 0.743. The van der Waals surface area contributed by atoms with E-state index in [1.807, 2.05) is 19.1 Å². The molecule has 0 bridgehead atoms. The van der Waals surface area contributed by atoms with E-state index in [0.29, 0.717) is 0 Å². The van der Waals surface area contributed by atoms with Crippen LogP contribution >= 0.6 is 11.8 Å². The van der Waals surface area contributed by atoms with Gasteiger partial charge in [-0.25, -0.2) is 0 Å². The van der Waals surface area contributed by atoms with Crippen molar-refractivity contribution in [3.05, 3.63) is 42.7 Å². The van der Waals surface area contributed by atoms with Crippen molar-refractivity contribution in [3.8, 4) is 0 Å². The molecule has 2 heteroatoms. The molecule has 0 aliphatic rings. The highest BCUT2D eigenvalue weighted by atomic mass is 32.2. The highest BCUT2D eigenvalue weighted by Crippen LogP contribution is 2.16. The molecule has 0 spiro atoms. The highest BCUT2D eigenvalue weighted by molar-refractivity contribution is 7.99. The molecule has 0 amide bonds. The van der Waals surface area contributed by atoms with Gasteiger partial charge >= 0.3 is 0 Å². The number of rotatable bonds is 5. The summed E-state index contributed by atoms with van der Waals surface area (Å²) in [5.74, 6) is 0.962. The predicted octanol–water partition coefficient (Wildman–Crippen LogP) is 3.33. The monoisotopic (exact) mass is 194 g/mol. The molecular weight excluding hydrogens is 180 g/mol. The van der Waals surface area contributed by atoms with Crippen LogP contribution in [0.3, 0.4) is 0 Å². The lowest BCUT2D eigenvalue weighted by Crippen LogP contribution is -1.78. The molecule has 0 N–H and O–H groups in total. The van der Waals surface area contributed by atoms with Crippen LogP contribution in [0.2, 0.25) is 0 Å². The van der Waals surface area contributed by atoms with E-state index in [1.54, 1.807) is 18.0 Å². The second kappa shape index (κ2) is 6.61. The Kier molecular flexibility index (Phi) is 5.18. The van der Waals surface area contributed by atoms with E-state index in [4.69, 9.17) is 4.74 Å². The molecule has 1 aromatic rings. The predicted molar refractivity (Wildman–Crippen MR) is 57.9 cm³/mol. The van der Waals surface area contributed by atoms with Gasteiger partial charge in [0.1, 0.15) is 0 Å². The summed E-state index contributed by atoms with van der Waals surface area (Å²) in [6, 6.07) is 10.3. The topological polar surface area (TPSA) is 9.23 Å². The average Bonchev–Trinajstić information content (AvgIpc) is 2.19. The van der Waals surface area contributed by atoms with E-state index in [0.717, 1.165) is 12.4 Å². The Morgan fingerprint density at radius 1 is 1.31 bits per heavy atom. The van der Waals surface area contributed by atoms with Crippen molar-refractivity contribution in [1.29, 1.82) is 0 Å². The van der Waals surface area contributed by atoms with Crippen molar-refractivity contribution in [1.82, 2.24) is 0 Å². The van der Waals surface area contributed by atoms with Crippen LogP contribution in [0, 0.1) is 0 Å². The average molecular weight is 194 g/mol. The Bertz CT molecular complexity index is 244. The molecule has 13 heavy (non-hydrogen) atoms. The van der Waals surface area contributed by atoms with Crippen LogP contribution < -0.4 is 0 Å². The maximum Gasteiger partial charge on any atom is 0.0845 e. The second-order valence-corrected chi connectivity index (χ2v) is 3.54. The fraction of sp³-hybridized carbons (Fsp3) is 0.273. The van der Waals surface area contributed by atoms with Gasteiger partial charge in [-0.2, -0.15) is 0 Å². The Balaban J connectivity index is 2.20. The van der Waals surface area contributed by atoms with Gasteiger partial charge in [-0.15, -0.1) is 11.8 Å². The summed E-state index contributed by atoms with van der Waals surface area (Å²) < 4.78 is 5.08. The third-order valence-electron chi connectivity index (χ3n) is 1.45. The van der Waals surface area contributed by atoms with Crippen molar-refractivity contribution in [3.63, 3.8) is 0 Å². The maximum absolute atomic E-state index is 5.08. The Morgan fingerprint density at radius 3 is 2.77 bits per heavy atom. The third kappa shape index (κ3) is 4.63. The summed E-state index contributed by atoms with van der Waals surface area (Å²) in [4.78, 5) is 1.30. The Hall–Kier alpha value is -0.890. The van der Waals surface area contributed by atoms with E-state index < -0.39 is 0 Å². The number of ether oxygens (including phenoxy) is 1. The second-order valence-electron chi connectivity index (χ2n) is 2.45. The summed E-state index contributed by atoms with van der Waals surface area (Å²) in [5, 5.41) is 0. The van der Waals surface area contributed by atoms with Gasteiger partial charge in [-0.05, 0) is 25.1 Å². The molecule has 0 aliphatic heterocycles. The molecule has 0 unspecified atom stereocenters. The largest absolute Gasteiger partial charge is 0.502 e. The van der Waals surface area contributed by atoms with Crippen LogP contribution in [0.5, 0.6) is 0 Å². The van der Waals surface area contributed by atoms with E-state index >= 15 is 0 Å². The zero-order chi connectivity index (χ0) is 9.36. The van der Waals surface area contributed by atoms with Crippen LogP contribution in [-0.4, -0.2) is 12.4 Å². The number of thioether (sulfide) groups is 1. The van der Waals surface area contributed by atoms with Gasteiger partial charge in [-0.3, -0.25) is 0 Å². The molecule has 0 fully saturated rings. The molecule has 0 aliphatic carbocycles. The lowest BCUT2D eigenvalue weighted by molar-refractivity contribution is 0.269. The van der Waals surface area contributed by atoms with Gasteiger partial charge in [-0.1, -0.05) is 18.2 Å². The molecule has 70 valence electrons. The number of hydrogen-bond acceptors (Lipinski definition) is 2. The van der Waals surface area contributed by atoms with Crippen LogP contribution in [0.1, 0.15) is 6.92 Å². The van der Waals surface area contributed by atoms with Crippen molar-refractivity contribution < 1.29 is 4.74 Å². The molecular formula is C11H14OS. The lowest BCUT2D eigenvalue weighted by Gasteiger charge is -1.96. The third-order valence-corrected chi connectivity index (χ3v) is 2.41. The van der Waals surface area contributed by atoms with Gasteiger partial charge in [0.2, 0.25) is 0 Å². The summed E-state index contributed by atoms with van der Waals surface area (Å²) in [7, 11) is 0. The Labute approximate surface area is 83.8 Å². The van der Waals surface area contributed by atoms with E-state index in [2.05, 4.69) is 24.3 Å². The normalized spacial score (nSPS) is 10.5. The van der Waals surface area contributed by atoms with Gasteiger partial charge in [0.05, 0.1) is 12.9 Å². The first-order valence-corrected chi connectivity index (χ1v) is 5.36. The minimum atomic E-state index is 0.743. The van der Waals surface area contributed by atoms with E-state index in [9.17, 15) is 0 Å².